The van der Waals surface area contributed by atoms with Gasteiger partial charge in [0.25, 0.3) is 0 Å². The maximum atomic E-state index is 12.1. The zero-order valence-corrected chi connectivity index (χ0v) is 16.3. The minimum atomic E-state index is -0.168. The van der Waals surface area contributed by atoms with Crippen LogP contribution in [-0.4, -0.2) is 22.8 Å². The second kappa shape index (κ2) is 10.1. The molecule has 26 heavy (non-hydrogen) atoms. The first-order chi connectivity index (χ1) is 12.5. The average Bonchev–Trinajstić information content (AvgIpc) is 2.90. The van der Waals surface area contributed by atoms with Crippen LogP contribution in [0.1, 0.15) is 42.1 Å². The van der Waals surface area contributed by atoms with E-state index in [1.54, 1.807) is 17.9 Å². The van der Waals surface area contributed by atoms with E-state index in [2.05, 4.69) is 17.3 Å². The fourth-order valence-electron chi connectivity index (χ4n) is 2.62. The Morgan fingerprint density at radius 2 is 2.15 bits per heavy atom. The largest absolute Gasteiger partial charge is 0.380 e. The lowest BCUT2D eigenvalue weighted by atomic mass is 10.1. The summed E-state index contributed by atoms with van der Waals surface area (Å²) < 4.78 is 6.92. The number of carbonyl (C=O) groups excluding carboxylic acids is 1. The second-order valence-electron chi connectivity index (χ2n) is 6.17. The van der Waals surface area contributed by atoms with Crippen LogP contribution in [0, 0.1) is 6.92 Å². The molecule has 0 aliphatic heterocycles. The number of amides is 1. The molecule has 0 fully saturated rings. The molecule has 2 rings (SSSR count). The first kappa shape index (κ1) is 20.2. The molecule has 2 aromatic rings. The smallest absolute Gasteiger partial charge is 0.244 e. The number of aryl methyl sites for hydroxylation is 2. The van der Waals surface area contributed by atoms with Crippen LogP contribution in [0.2, 0.25) is 5.15 Å². The first-order valence-electron chi connectivity index (χ1n) is 8.80. The molecule has 1 heterocycles. The predicted octanol–water partition coefficient (Wildman–Crippen LogP) is 4.12. The van der Waals surface area contributed by atoms with Gasteiger partial charge >= 0.3 is 0 Å². The second-order valence-corrected chi connectivity index (χ2v) is 6.53. The fourth-order valence-corrected chi connectivity index (χ4v) is 2.94. The predicted molar refractivity (Wildman–Crippen MR) is 105 cm³/mol. The van der Waals surface area contributed by atoms with Crippen LogP contribution in [-0.2, 0) is 29.2 Å². The monoisotopic (exact) mass is 375 g/mol. The van der Waals surface area contributed by atoms with Crippen molar-refractivity contribution in [3.8, 4) is 0 Å². The zero-order valence-electron chi connectivity index (χ0n) is 15.6. The van der Waals surface area contributed by atoms with Crippen LogP contribution >= 0.6 is 11.6 Å². The van der Waals surface area contributed by atoms with Gasteiger partial charge < -0.3 is 10.1 Å². The highest BCUT2D eigenvalue weighted by Crippen LogP contribution is 2.21. The summed E-state index contributed by atoms with van der Waals surface area (Å²) in [6.07, 6.45) is 5.32. The van der Waals surface area contributed by atoms with E-state index in [-0.39, 0.29) is 5.91 Å². The van der Waals surface area contributed by atoms with Gasteiger partial charge in [0.15, 0.2) is 0 Å². The van der Waals surface area contributed by atoms with E-state index in [0.717, 1.165) is 41.8 Å². The Labute approximate surface area is 160 Å². The number of methoxy groups -OCH3 is 1. The molecule has 0 aliphatic rings. The van der Waals surface area contributed by atoms with Gasteiger partial charge in [-0.1, -0.05) is 49.2 Å². The Balaban J connectivity index is 1.95. The number of unbranched alkanes of at least 4 members (excludes halogenated alkanes) is 1. The molecule has 1 N–H and O–H groups in total. The van der Waals surface area contributed by atoms with Crippen LogP contribution in [0.5, 0.6) is 0 Å². The number of benzene rings is 1. The van der Waals surface area contributed by atoms with Crippen molar-refractivity contribution >= 4 is 23.6 Å². The van der Waals surface area contributed by atoms with Crippen molar-refractivity contribution in [2.24, 2.45) is 0 Å². The minimum Gasteiger partial charge on any atom is -0.380 e. The van der Waals surface area contributed by atoms with E-state index in [0.29, 0.717) is 18.3 Å². The van der Waals surface area contributed by atoms with E-state index in [1.165, 1.54) is 6.08 Å². The van der Waals surface area contributed by atoms with Gasteiger partial charge in [-0.25, -0.2) is 0 Å². The molecule has 0 saturated carbocycles. The van der Waals surface area contributed by atoms with Crippen molar-refractivity contribution in [2.45, 2.75) is 46.4 Å². The minimum absolute atomic E-state index is 0.168. The number of nitrogens with one attached hydrogen (secondary N) is 1. The van der Waals surface area contributed by atoms with Crippen molar-refractivity contribution in [1.29, 1.82) is 0 Å². The van der Waals surface area contributed by atoms with Crippen LogP contribution in [0.4, 0.5) is 0 Å². The normalized spacial score (nSPS) is 11.2. The van der Waals surface area contributed by atoms with Crippen LogP contribution in [0.3, 0.4) is 0 Å². The third kappa shape index (κ3) is 5.71. The topological polar surface area (TPSA) is 56.2 Å². The molecule has 1 aromatic carbocycles. The lowest BCUT2D eigenvalue weighted by Gasteiger charge is -2.05. The standard InChI is InChI=1S/C20H26ClN3O2/c1-4-5-11-24-20(21)18(15(2)23-24)9-10-19(25)22-13-16-7-6-8-17(12-16)14-26-3/h6-10,12H,4-5,11,13-14H2,1-3H3,(H,22,25)/b10-9+. The van der Waals surface area contributed by atoms with Crippen LogP contribution in [0.25, 0.3) is 6.08 Å². The Morgan fingerprint density at radius 1 is 1.38 bits per heavy atom. The molecule has 140 valence electrons. The SMILES string of the molecule is CCCCn1nc(C)c(/C=C/C(=O)NCc2cccc(COC)c2)c1Cl. The Bertz CT molecular complexity index is 768. The summed E-state index contributed by atoms with van der Waals surface area (Å²) in [5, 5.41) is 7.89. The Hall–Kier alpha value is -2.11. The molecule has 1 amide bonds. The van der Waals surface area contributed by atoms with Gasteiger partial charge in [-0.05, 0) is 30.5 Å². The zero-order chi connectivity index (χ0) is 18.9. The Kier molecular flexibility index (Phi) is 7.88. The van der Waals surface area contributed by atoms with Gasteiger partial charge in [-0.15, -0.1) is 0 Å². The molecule has 0 saturated heterocycles. The van der Waals surface area contributed by atoms with Crippen molar-refractivity contribution in [3.63, 3.8) is 0 Å². The number of hydrogen-bond acceptors (Lipinski definition) is 3. The third-order valence-electron chi connectivity index (χ3n) is 4.00. The summed E-state index contributed by atoms with van der Waals surface area (Å²) in [4.78, 5) is 12.1. The number of aromatic nitrogens is 2. The summed E-state index contributed by atoms with van der Waals surface area (Å²) >= 11 is 6.37. The number of rotatable bonds is 9. The van der Waals surface area contributed by atoms with E-state index in [4.69, 9.17) is 16.3 Å². The molecule has 0 aliphatic carbocycles. The average molecular weight is 376 g/mol. The molecule has 1 aromatic heterocycles. The summed E-state index contributed by atoms with van der Waals surface area (Å²) in [7, 11) is 1.66. The van der Waals surface area contributed by atoms with Crippen LogP contribution in [0.15, 0.2) is 30.3 Å². The molecule has 0 unspecified atom stereocenters. The van der Waals surface area contributed by atoms with Crippen molar-refractivity contribution < 1.29 is 9.53 Å². The van der Waals surface area contributed by atoms with E-state index < -0.39 is 0 Å². The summed E-state index contributed by atoms with van der Waals surface area (Å²) in [6, 6.07) is 7.95. The molecule has 0 bridgehead atoms. The number of ether oxygens (including phenoxy) is 1. The Morgan fingerprint density at radius 3 is 2.88 bits per heavy atom. The highest BCUT2D eigenvalue weighted by molar-refractivity contribution is 6.31. The number of carbonyl (C=O) groups is 1. The number of nitrogens with zero attached hydrogens (tertiary/aromatic N) is 2. The van der Waals surface area contributed by atoms with E-state index >= 15 is 0 Å². The van der Waals surface area contributed by atoms with Crippen molar-refractivity contribution in [2.75, 3.05) is 7.11 Å². The summed E-state index contributed by atoms with van der Waals surface area (Å²) in [6.45, 7) is 5.83. The van der Waals surface area contributed by atoms with Gasteiger partial charge in [-0.2, -0.15) is 5.10 Å². The molecular formula is C20H26ClN3O2. The molecule has 0 atom stereocenters. The number of hydrogen-bond donors (Lipinski definition) is 1. The van der Waals surface area contributed by atoms with E-state index in [9.17, 15) is 4.79 Å². The van der Waals surface area contributed by atoms with Crippen molar-refractivity contribution in [1.82, 2.24) is 15.1 Å². The van der Waals surface area contributed by atoms with Gasteiger partial charge in [0.2, 0.25) is 5.91 Å². The molecule has 5 nitrogen and oxygen atoms in total. The molecular weight excluding hydrogens is 350 g/mol. The summed E-state index contributed by atoms with van der Waals surface area (Å²) in [5.74, 6) is -0.168. The maximum absolute atomic E-state index is 12.1. The van der Waals surface area contributed by atoms with Gasteiger partial charge in [0, 0.05) is 31.8 Å². The van der Waals surface area contributed by atoms with Gasteiger partial charge in [0.1, 0.15) is 5.15 Å². The lowest BCUT2D eigenvalue weighted by Crippen LogP contribution is -2.20. The van der Waals surface area contributed by atoms with Crippen molar-refractivity contribution in [3.05, 3.63) is 57.9 Å². The number of halogens is 1. The van der Waals surface area contributed by atoms with Gasteiger partial charge in [0.05, 0.1) is 12.3 Å². The van der Waals surface area contributed by atoms with Gasteiger partial charge in [-0.3, -0.25) is 9.48 Å². The molecule has 0 spiro atoms. The molecule has 6 heteroatoms. The fraction of sp³-hybridized carbons (Fsp3) is 0.400. The van der Waals surface area contributed by atoms with Crippen LogP contribution < -0.4 is 5.32 Å². The quantitative estimate of drug-likeness (QED) is 0.670. The summed E-state index contributed by atoms with van der Waals surface area (Å²) in [5.41, 5.74) is 3.72. The highest BCUT2D eigenvalue weighted by Gasteiger charge is 2.11. The lowest BCUT2D eigenvalue weighted by molar-refractivity contribution is -0.116. The van der Waals surface area contributed by atoms with E-state index in [1.807, 2.05) is 31.2 Å². The highest BCUT2D eigenvalue weighted by atomic mass is 35.5. The maximum Gasteiger partial charge on any atom is 0.244 e. The molecule has 0 radical (unpaired) electrons. The third-order valence-corrected chi connectivity index (χ3v) is 4.40. The first-order valence-corrected chi connectivity index (χ1v) is 9.18.